The van der Waals surface area contributed by atoms with Gasteiger partial charge in [-0.25, -0.2) is 14.0 Å². The average molecular weight is 467 g/mol. The smallest absolute Gasteiger partial charge is 0.337 e. The Morgan fingerprint density at radius 3 is 2.21 bits per heavy atom. The third kappa shape index (κ3) is 4.37. The minimum atomic E-state index is -1.06. The lowest BCUT2D eigenvalue weighted by Crippen LogP contribution is -2.54. The van der Waals surface area contributed by atoms with Gasteiger partial charge >= 0.3 is 12.0 Å². The Morgan fingerprint density at radius 2 is 1.62 bits per heavy atom. The summed E-state index contributed by atoms with van der Waals surface area (Å²) in [6.45, 7) is 2.68. The molecule has 34 heavy (non-hydrogen) atoms. The number of halogens is 1. The summed E-state index contributed by atoms with van der Waals surface area (Å²) < 4.78 is 17.8. The standard InChI is InChI=1S/C25H26FN3O5/c1-25(23(32)29(24(33)27-25)15-16-3-9-20(26)10-4-16)19-11-13-28(14-12-19)21(30)17-5-7-18(8-6-17)22(31)34-2/h3-10,19H,11-15H2,1-2H3,(H,27,33)/t25-/m1/s1. The van der Waals surface area contributed by atoms with E-state index in [0.717, 1.165) is 4.90 Å². The predicted octanol–water partition coefficient (Wildman–Crippen LogP) is 2.98. The first-order valence-electron chi connectivity index (χ1n) is 11.1. The molecule has 178 valence electrons. The van der Waals surface area contributed by atoms with Crippen molar-refractivity contribution in [3.63, 3.8) is 0 Å². The number of hydrogen-bond acceptors (Lipinski definition) is 5. The topological polar surface area (TPSA) is 96.0 Å². The molecule has 2 heterocycles. The highest BCUT2D eigenvalue weighted by Crippen LogP contribution is 2.34. The van der Waals surface area contributed by atoms with Gasteiger partial charge in [0.1, 0.15) is 11.4 Å². The molecule has 0 saturated carbocycles. The molecule has 9 heteroatoms. The molecular weight excluding hydrogens is 441 g/mol. The number of imide groups is 1. The quantitative estimate of drug-likeness (QED) is 0.539. The number of urea groups is 1. The summed E-state index contributed by atoms with van der Waals surface area (Å²) in [7, 11) is 1.30. The maximum absolute atomic E-state index is 13.2. The summed E-state index contributed by atoms with van der Waals surface area (Å²) in [5.41, 5.74) is 0.432. The van der Waals surface area contributed by atoms with Crippen molar-refractivity contribution in [1.82, 2.24) is 15.1 Å². The molecule has 0 bridgehead atoms. The van der Waals surface area contributed by atoms with E-state index in [9.17, 15) is 23.6 Å². The highest BCUT2D eigenvalue weighted by molar-refractivity contribution is 6.07. The summed E-state index contributed by atoms with van der Waals surface area (Å²) in [6, 6.07) is 11.5. The number of likely N-dealkylation sites (tertiary alicyclic amines) is 1. The average Bonchev–Trinajstić information content (AvgIpc) is 3.08. The Bertz CT molecular complexity index is 1110. The number of nitrogens with zero attached hydrogens (tertiary/aromatic N) is 2. The van der Waals surface area contributed by atoms with Crippen LogP contribution in [0.1, 0.15) is 46.0 Å². The minimum absolute atomic E-state index is 0.0689. The van der Waals surface area contributed by atoms with Crippen molar-refractivity contribution in [2.75, 3.05) is 20.2 Å². The summed E-state index contributed by atoms with van der Waals surface area (Å²) >= 11 is 0. The minimum Gasteiger partial charge on any atom is -0.465 e. The third-order valence-corrected chi connectivity index (χ3v) is 6.71. The highest BCUT2D eigenvalue weighted by atomic mass is 19.1. The fraction of sp³-hybridized carbons (Fsp3) is 0.360. The Kier molecular flexibility index (Phi) is 6.37. The number of hydrogen-bond donors (Lipinski definition) is 1. The highest BCUT2D eigenvalue weighted by Gasteiger charge is 2.52. The summed E-state index contributed by atoms with van der Waals surface area (Å²) in [5.74, 6) is -1.45. The lowest BCUT2D eigenvalue weighted by Gasteiger charge is -2.39. The molecule has 2 aromatic carbocycles. The van der Waals surface area contributed by atoms with Crippen molar-refractivity contribution in [3.05, 3.63) is 71.0 Å². The molecule has 4 rings (SSSR count). The van der Waals surface area contributed by atoms with Crippen LogP contribution < -0.4 is 5.32 Å². The predicted molar refractivity (Wildman–Crippen MR) is 120 cm³/mol. The van der Waals surface area contributed by atoms with Crippen LogP contribution in [0.5, 0.6) is 0 Å². The van der Waals surface area contributed by atoms with Crippen LogP contribution in [-0.4, -0.2) is 59.4 Å². The number of esters is 1. The van der Waals surface area contributed by atoms with Crippen molar-refractivity contribution in [3.8, 4) is 0 Å². The number of nitrogens with one attached hydrogen (secondary N) is 1. The molecule has 0 aromatic heterocycles. The number of methoxy groups -OCH3 is 1. The molecule has 2 fully saturated rings. The molecule has 0 unspecified atom stereocenters. The number of carbonyl (C=O) groups is 4. The second-order valence-corrected chi connectivity index (χ2v) is 8.79. The molecule has 4 amide bonds. The van der Waals surface area contributed by atoms with Gasteiger partial charge in [-0.2, -0.15) is 0 Å². The zero-order valence-corrected chi connectivity index (χ0v) is 19.0. The normalized spacial score (nSPS) is 20.9. The maximum atomic E-state index is 13.2. The second-order valence-electron chi connectivity index (χ2n) is 8.79. The zero-order valence-electron chi connectivity index (χ0n) is 19.0. The molecule has 0 radical (unpaired) electrons. The first-order chi connectivity index (χ1) is 16.2. The van der Waals surface area contributed by atoms with Gasteiger partial charge in [-0.05, 0) is 67.6 Å². The van der Waals surface area contributed by atoms with Crippen LogP contribution in [0.2, 0.25) is 0 Å². The Balaban J connectivity index is 1.38. The van der Waals surface area contributed by atoms with E-state index in [0.29, 0.717) is 42.6 Å². The van der Waals surface area contributed by atoms with Crippen molar-refractivity contribution in [2.24, 2.45) is 5.92 Å². The first kappa shape index (κ1) is 23.4. The van der Waals surface area contributed by atoms with Crippen molar-refractivity contribution in [2.45, 2.75) is 31.8 Å². The Hall–Kier alpha value is -3.75. The molecular formula is C25H26FN3O5. The lowest BCUT2D eigenvalue weighted by molar-refractivity contribution is -0.133. The summed E-state index contributed by atoms with van der Waals surface area (Å²) in [4.78, 5) is 53.1. The number of piperidine rings is 1. The molecule has 0 aliphatic carbocycles. The number of carbonyl (C=O) groups excluding carboxylic acids is 4. The number of ether oxygens (including phenoxy) is 1. The van der Waals surface area contributed by atoms with Gasteiger partial charge in [0.2, 0.25) is 0 Å². The number of benzene rings is 2. The molecule has 1 atom stereocenters. The molecule has 8 nitrogen and oxygen atoms in total. The lowest BCUT2D eigenvalue weighted by atomic mass is 9.78. The second kappa shape index (κ2) is 9.24. The van der Waals surface area contributed by atoms with Crippen molar-refractivity contribution < 1.29 is 28.3 Å². The zero-order chi connectivity index (χ0) is 24.5. The van der Waals surface area contributed by atoms with Crippen LogP contribution in [0.4, 0.5) is 9.18 Å². The molecule has 2 aromatic rings. The van der Waals surface area contributed by atoms with Gasteiger partial charge in [0.05, 0.1) is 19.2 Å². The van der Waals surface area contributed by atoms with Gasteiger partial charge < -0.3 is 15.0 Å². The van der Waals surface area contributed by atoms with Gasteiger partial charge in [-0.15, -0.1) is 0 Å². The van der Waals surface area contributed by atoms with E-state index < -0.39 is 17.5 Å². The van der Waals surface area contributed by atoms with Gasteiger partial charge in [-0.1, -0.05) is 12.1 Å². The fourth-order valence-corrected chi connectivity index (χ4v) is 4.62. The van der Waals surface area contributed by atoms with Crippen molar-refractivity contribution in [1.29, 1.82) is 0 Å². The van der Waals surface area contributed by atoms with E-state index in [-0.39, 0.29) is 30.1 Å². The van der Waals surface area contributed by atoms with Crippen LogP contribution >= 0.6 is 0 Å². The molecule has 1 N–H and O–H groups in total. The molecule has 2 aliphatic heterocycles. The van der Waals surface area contributed by atoms with Gasteiger partial charge in [-0.3, -0.25) is 14.5 Å². The molecule has 2 aliphatic rings. The van der Waals surface area contributed by atoms with Crippen LogP contribution in [0, 0.1) is 11.7 Å². The summed E-state index contributed by atoms with van der Waals surface area (Å²) in [6.07, 6.45) is 1.11. The van der Waals surface area contributed by atoms with Crippen LogP contribution in [-0.2, 0) is 16.1 Å². The Labute approximate surface area is 196 Å². The summed E-state index contributed by atoms with van der Waals surface area (Å²) in [5, 5.41) is 2.85. The van der Waals surface area contributed by atoms with Crippen LogP contribution in [0.25, 0.3) is 0 Å². The fourth-order valence-electron chi connectivity index (χ4n) is 4.62. The van der Waals surface area contributed by atoms with Crippen LogP contribution in [0.15, 0.2) is 48.5 Å². The monoisotopic (exact) mass is 467 g/mol. The molecule has 2 saturated heterocycles. The van der Waals surface area contributed by atoms with Crippen LogP contribution in [0.3, 0.4) is 0 Å². The van der Waals surface area contributed by atoms with Gasteiger partial charge in [0, 0.05) is 18.7 Å². The third-order valence-electron chi connectivity index (χ3n) is 6.71. The van der Waals surface area contributed by atoms with E-state index >= 15 is 0 Å². The Morgan fingerprint density at radius 1 is 1.03 bits per heavy atom. The first-order valence-corrected chi connectivity index (χ1v) is 11.1. The van der Waals surface area contributed by atoms with E-state index in [4.69, 9.17) is 0 Å². The van der Waals surface area contributed by atoms with Gasteiger partial charge in [0.15, 0.2) is 0 Å². The number of amides is 4. The number of rotatable bonds is 5. The SMILES string of the molecule is COC(=O)c1ccc(C(=O)N2CCC([C@@]3(C)NC(=O)N(Cc4ccc(F)cc4)C3=O)CC2)cc1. The van der Waals surface area contributed by atoms with E-state index in [1.807, 2.05) is 0 Å². The van der Waals surface area contributed by atoms with E-state index in [2.05, 4.69) is 10.1 Å². The molecule has 0 spiro atoms. The largest absolute Gasteiger partial charge is 0.465 e. The van der Waals surface area contributed by atoms with E-state index in [1.54, 1.807) is 48.2 Å². The van der Waals surface area contributed by atoms with Crippen molar-refractivity contribution >= 4 is 23.8 Å². The maximum Gasteiger partial charge on any atom is 0.337 e. The van der Waals surface area contributed by atoms with E-state index in [1.165, 1.54) is 19.2 Å². The van der Waals surface area contributed by atoms with Gasteiger partial charge in [0.25, 0.3) is 11.8 Å².